The molecule has 2 aliphatic rings. The van der Waals surface area contributed by atoms with E-state index in [1.807, 2.05) is 0 Å². The summed E-state index contributed by atoms with van der Waals surface area (Å²) in [6, 6.07) is 8.85. The maximum atomic E-state index is 6.16. The lowest BCUT2D eigenvalue weighted by Crippen LogP contribution is -2.54. The lowest BCUT2D eigenvalue weighted by atomic mass is 9.46. The first-order valence-corrected chi connectivity index (χ1v) is 7.46. The molecule has 98 valence electrons. The van der Waals surface area contributed by atoms with E-state index in [0.717, 1.165) is 6.54 Å². The van der Waals surface area contributed by atoms with Crippen LogP contribution in [0.5, 0.6) is 0 Å². The van der Waals surface area contributed by atoms with Gasteiger partial charge in [0.25, 0.3) is 0 Å². The molecule has 1 heteroatoms. The van der Waals surface area contributed by atoms with Crippen LogP contribution in [0.2, 0.25) is 0 Å². The van der Waals surface area contributed by atoms with E-state index in [9.17, 15) is 0 Å². The molecule has 0 unspecified atom stereocenters. The summed E-state index contributed by atoms with van der Waals surface area (Å²) in [6.07, 6.45) is 9.88. The van der Waals surface area contributed by atoms with E-state index in [1.54, 1.807) is 0 Å². The Hall–Kier alpha value is -0.820. The third-order valence-corrected chi connectivity index (χ3v) is 5.45. The van der Waals surface area contributed by atoms with Gasteiger partial charge in [0.05, 0.1) is 0 Å². The van der Waals surface area contributed by atoms with Gasteiger partial charge in [0.1, 0.15) is 0 Å². The summed E-state index contributed by atoms with van der Waals surface area (Å²) in [6.45, 7) is 3.05. The Morgan fingerprint density at radius 1 is 1.06 bits per heavy atom. The number of rotatable bonds is 2. The van der Waals surface area contributed by atoms with Crippen LogP contribution < -0.4 is 5.73 Å². The molecule has 1 spiro atoms. The average molecular weight is 243 g/mol. The van der Waals surface area contributed by atoms with Crippen LogP contribution in [0.25, 0.3) is 0 Å². The van der Waals surface area contributed by atoms with E-state index in [-0.39, 0.29) is 0 Å². The van der Waals surface area contributed by atoms with Crippen molar-refractivity contribution in [2.24, 2.45) is 11.1 Å². The molecule has 0 aliphatic heterocycles. The summed E-state index contributed by atoms with van der Waals surface area (Å²) >= 11 is 0. The highest BCUT2D eigenvalue weighted by Crippen LogP contribution is 2.61. The van der Waals surface area contributed by atoms with Crippen LogP contribution in [0.4, 0.5) is 0 Å². The highest BCUT2D eigenvalue weighted by molar-refractivity contribution is 5.37. The second-order valence-electron chi connectivity index (χ2n) is 6.71. The summed E-state index contributed by atoms with van der Waals surface area (Å²) in [5, 5.41) is 0. The molecule has 0 heterocycles. The van der Waals surface area contributed by atoms with Gasteiger partial charge in [-0.15, -0.1) is 0 Å². The monoisotopic (exact) mass is 243 g/mol. The van der Waals surface area contributed by atoms with Crippen molar-refractivity contribution in [1.29, 1.82) is 0 Å². The molecular formula is C17H25N. The van der Waals surface area contributed by atoms with Gasteiger partial charge >= 0.3 is 0 Å². The van der Waals surface area contributed by atoms with Crippen LogP contribution in [0.3, 0.4) is 0 Å². The molecule has 2 fully saturated rings. The lowest BCUT2D eigenvalue weighted by Gasteiger charge is -2.58. The van der Waals surface area contributed by atoms with Crippen molar-refractivity contribution in [2.45, 2.75) is 57.3 Å². The molecule has 1 nitrogen and oxygen atoms in total. The lowest BCUT2D eigenvalue weighted by molar-refractivity contribution is -0.00864. The molecule has 1 aromatic rings. The summed E-state index contributed by atoms with van der Waals surface area (Å²) < 4.78 is 0. The molecule has 0 atom stereocenters. The van der Waals surface area contributed by atoms with E-state index in [1.165, 1.54) is 56.1 Å². The van der Waals surface area contributed by atoms with E-state index in [4.69, 9.17) is 5.73 Å². The van der Waals surface area contributed by atoms with E-state index < -0.39 is 0 Å². The molecule has 3 rings (SSSR count). The fourth-order valence-corrected chi connectivity index (χ4v) is 4.65. The van der Waals surface area contributed by atoms with Crippen molar-refractivity contribution in [3.05, 3.63) is 35.4 Å². The third kappa shape index (κ3) is 1.80. The maximum Gasteiger partial charge on any atom is 0.00887 e. The van der Waals surface area contributed by atoms with Crippen LogP contribution in [0.15, 0.2) is 24.3 Å². The molecule has 2 aliphatic carbocycles. The molecule has 2 saturated carbocycles. The smallest absolute Gasteiger partial charge is 0.00887 e. The van der Waals surface area contributed by atoms with Crippen molar-refractivity contribution in [3.63, 3.8) is 0 Å². The van der Waals surface area contributed by atoms with Gasteiger partial charge in [-0.05, 0) is 49.1 Å². The summed E-state index contributed by atoms with van der Waals surface area (Å²) in [5.41, 5.74) is 10.0. The van der Waals surface area contributed by atoms with Gasteiger partial charge in [0, 0.05) is 12.0 Å². The Labute approximate surface area is 111 Å². The van der Waals surface area contributed by atoms with Gasteiger partial charge in [0.15, 0.2) is 0 Å². The van der Waals surface area contributed by atoms with Gasteiger partial charge in [-0.2, -0.15) is 0 Å². The van der Waals surface area contributed by atoms with Gasteiger partial charge in [-0.3, -0.25) is 0 Å². The molecule has 18 heavy (non-hydrogen) atoms. The molecular weight excluding hydrogens is 218 g/mol. The second kappa shape index (κ2) is 4.38. The minimum absolute atomic E-state index is 0.294. The topological polar surface area (TPSA) is 26.0 Å². The quantitative estimate of drug-likeness (QED) is 0.836. The highest BCUT2D eigenvalue weighted by atomic mass is 14.7. The summed E-state index contributed by atoms with van der Waals surface area (Å²) in [7, 11) is 0. The Balaban J connectivity index is 1.84. The van der Waals surface area contributed by atoms with Gasteiger partial charge in [-0.25, -0.2) is 0 Å². The Kier molecular flexibility index (Phi) is 2.97. The van der Waals surface area contributed by atoms with Crippen molar-refractivity contribution < 1.29 is 0 Å². The number of hydrogen-bond donors (Lipinski definition) is 1. The zero-order valence-corrected chi connectivity index (χ0v) is 11.5. The Bertz CT molecular complexity index is 421. The predicted octanol–water partition coefficient (Wildman–Crippen LogP) is 3.94. The molecule has 2 N–H and O–H groups in total. The van der Waals surface area contributed by atoms with Crippen molar-refractivity contribution in [1.82, 2.24) is 0 Å². The van der Waals surface area contributed by atoms with Gasteiger partial charge < -0.3 is 5.73 Å². The molecule has 0 bridgehead atoms. The Morgan fingerprint density at radius 2 is 1.72 bits per heavy atom. The van der Waals surface area contributed by atoms with Crippen molar-refractivity contribution in [3.8, 4) is 0 Å². The fourth-order valence-electron chi connectivity index (χ4n) is 4.65. The zero-order valence-electron chi connectivity index (χ0n) is 11.5. The average Bonchev–Trinajstić information content (AvgIpc) is 2.37. The Morgan fingerprint density at radius 3 is 2.33 bits per heavy atom. The highest BCUT2D eigenvalue weighted by Gasteiger charge is 2.54. The third-order valence-electron chi connectivity index (χ3n) is 5.45. The van der Waals surface area contributed by atoms with Gasteiger partial charge in [-0.1, -0.05) is 43.5 Å². The zero-order chi connectivity index (χ0) is 12.6. The fraction of sp³-hybridized carbons (Fsp3) is 0.647. The summed E-state index contributed by atoms with van der Waals surface area (Å²) in [4.78, 5) is 0. The first-order chi connectivity index (χ1) is 8.70. The number of benzene rings is 1. The standard InChI is InChI=1S/C17H25N/c1-14-7-3-4-8-15(14)17(13-18)11-16(12-17)9-5-2-6-10-16/h3-4,7-8H,2,5-6,9-13,18H2,1H3. The maximum absolute atomic E-state index is 6.16. The predicted molar refractivity (Wildman–Crippen MR) is 76.7 cm³/mol. The van der Waals surface area contributed by atoms with Crippen LogP contribution in [-0.2, 0) is 5.41 Å². The number of nitrogens with two attached hydrogens (primary N) is 1. The van der Waals surface area contributed by atoms with Gasteiger partial charge in [0.2, 0.25) is 0 Å². The van der Waals surface area contributed by atoms with Crippen LogP contribution in [-0.4, -0.2) is 6.54 Å². The molecule has 0 saturated heterocycles. The molecule has 0 aromatic heterocycles. The number of hydrogen-bond acceptors (Lipinski definition) is 1. The second-order valence-corrected chi connectivity index (χ2v) is 6.71. The minimum atomic E-state index is 0.294. The largest absolute Gasteiger partial charge is 0.330 e. The van der Waals surface area contributed by atoms with Crippen LogP contribution >= 0.6 is 0 Å². The van der Waals surface area contributed by atoms with E-state index in [0.29, 0.717) is 10.8 Å². The first kappa shape index (κ1) is 12.2. The normalized spacial score (nSPS) is 24.8. The first-order valence-electron chi connectivity index (χ1n) is 7.46. The molecule has 0 amide bonds. The van der Waals surface area contributed by atoms with E-state index in [2.05, 4.69) is 31.2 Å². The SMILES string of the molecule is Cc1ccccc1C1(CN)CC2(CCCCC2)C1. The number of aryl methyl sites for hydroxylation is 1. The van der Waals surface area contributed by atoms with Crippen LogP contribution in [0.1, 0.15) is 56.1 Å². The molecule has 0 radical (unpaired) electrons. The summed E-state index contributed by atoms with van der Waals surface area (Å²) in [5.74, 6) is 0. The van der Waals surface area contributed by atoms with Crippen molar-refractivity contribution in [2.75, 3.05) is 6.54 Å². The van der Waals surface area contributed by atoms with E-state index >= 15 is 0 Å². The minimum Gasteiger partial charge on any atom is -0.330 e. The van der Waals surface area contributed by atoms with Crippen LogP contribution in [0, 0.1) is 12.3 Å². The van der Waals surface area contributed by atoms with Crippen molar-refractivity contribution >= 4 is 0 Å². The molecule has 1 aromatic carbocycles.